The zero-order valence-corrected chi connectivity index (χ0v) is 11.4. The summed E-state index contributed by atoms with van der Waals surface area (Å²) in [6.07, 6.45) is 3.77. The Hall–Kier alpha value is -1.68. The molecule has 2 atom stereocenters. The van der Waals surface area contributed by atoms with E-state index in [2.05, 4.69) is 22.0 Å². The fraction of sp³-hybridized carbons (Fsp3) is 0.500. The first-order chi connectivity index (χ1) is 9.88. The van der Waals surface area contributed by atoms with E-state index < -0.39 is 0 Å². The van der Waals surface area contributed by atoms with Gasteiger partial charge in [0.1, 0.15) is 0 Å². The molecule has 1 fully saturated rings. The number of aromatic nitrogens is 1. The van der Waals surface area contributed by atoms with Gasteiger partial charge in [-0.05, 0) is 37.4 Å². The van der Waals surface area contributed by atoms with Crippen molar-refractivity contribution in [2.75, 3.05) is 26.4 Å². The van der Waals surface area contributed by atoms with Crippen molar-refractivity contribution >= 4 is 10.9 Å². The molecule has 20 heavy (non-hydrogen) atoms. The molecule has 1 aromatic carbocycles. The van der Waals surface area contributed by atoms with Crippen LogP contribution in [-0.2, 0) is 6.42 Å². The second kappa shape index (κ2) is 3.92. The normalized spacial score (nSPS) is 27.4. The van der Waals surface area contributed by atoms with Gasteiger partial charge in [0.2, 0.25) is 6.79 Å². The Kier molecular flexibility index (Phi) is 2.16. The molecule has 2 aromatic rings. The molecule has 2 unspecified atom stereocenters. The Morgan fingerprint density at radius 2 is 2.05 bits per heavy atom. The van der Waals surface area contributed by atoms with Crippen LogP contribution in [0.4, 0.5) is 0 Å². The fourth-order valence-electron chi connectivity index (χ4n) is 4.04. The second-order valence-corrected chi connectivity index (χ2v) is 6.16. The number of rotatable bonds is 0. The number of nitrogens with zero attached hydrogens (tertiary/aromatic N) is 1. The maximum Gasteiger partial charge on any atom is 0.231 e. The largest absolute Gasteiger partial charge is 0.454 e. The number of benzene rings is 1. The minimum atomic E-state index is 0.348. The van der Waals surface area contributed by atoms with Gasteiger partial charge in [0.05, 0.1) is 0 Å². The number of fused-ring (bicyclic) bond motifs is 7. The van der Waals surface area contributed by atoms with Crippen LogP contribution in [0.1, 0.15) is 30.0 Å². The van der Waals surface area contributed by atoms with Gasteiger partial charge in [-0.3, -0.25) is 0 Å². The van der Waals surface area contributed by atoms with Gasteiger partial charge in [-0.1, -0.05) is 0 Å². The number of hydrogen-bond acceptors (Lipinski definition) is 3. The number of ether oxygens (including phenoxy) is 2. The van der Waals surface area contributed by atoms with Crippen LogP contribution in [0.5, 0.6) is 11.5 Å². The number of hydrogen-bond donors (Lipinski definition) is 1. The molecule has 4 heterocycles. The first-order valence-corrected chi connectivity index (χ1v) is 7.55. The third-order valence-electron chi connectivity index (χ3n) is 5.02. The smallest absolute Gasteiger partial charge is 0.231 e. The predicted molar refractivity (Wildman–Crippen MR) is 76.5 cm³/mol. The van der Waals surface area contributed by atoms with E-state index >= 15 is 0 Å². The molecular weight excluding hydrogens is 252 g/mol. The molecule has 1 saturated heterocycles. The molecule has 104 valence electrons. The molecule has 1 N–H and O–H groups in total. The van der Waals surface area contributed by atoms with E-state index in [-0.39, 0.29) is 0 Å². The zero-order valence-electron chi connectivity index (χ0n) is 11.4. The van der Waals surface area contributed by atoms with Crippen molar-refractivity contribution in [3.05, 3.63) is 23.4 Å². The average Bonchev–Trinajstić information content (AvgIpc) is 3.03. The number of aromatic amines is 1. The van der Waals surface area contributed by atoms with Crippen LogP contribution in [0.3, 0.4) is 0 Å². The van der Waals surface area contributed by atoms with Crippen molar-refractivity contribution in [1.82, 2.24) is 9.88 Å². The highest BCUT2D eigenvalue weighted by atomic mass is 16.7. The van der Waals surface area contributed by atoms with Crippen LogP contribution in [0.2, 0.25) is 0 Å². The maximum absolute atomic E-state index is 5.54. The second-order valence-electron chi connectivity index (χ2n) is 6.16. The molecule has 0 radical (unpaired) electrons. The molecule has 0 amide bonds. The summed E-state index contributed by atoms with van der Waals surface area (Å²) in [5, 5.41) is 1.33. The van der Waals surface area contributed by atoms with Gasteiger partial charge in [-0.2, -0.15) is 0 Å². The quantitative estimate of drug-likeness (QED) is 0.799. The zero-order chi connectivity index (χ0) is 13.1. The summed E-state index contributed by atoms with van der Waals surface area (Å²) in [4.78, 5) is 6.29. The highest BCUT2D eigenvalue weighted by Gasteiger charge is 2.29. The van der Waals surface area contributed by atoms with Crippen molar-refractivity contribution in [2.24, 2.45) is 0 Å². The fourth-order valence-corrected chi connectivity index (χ4v) is 4.04. The van der Waals surface area contributed by atoms with E-state index in [1.54, 1.807) is 0 Å². The standard InChI is InChI=1S/C16H18N2O2/c1-2-10-8-18(4-1)5-3-11-12-6-14-15(20-9-19-14)7-13(12)17-16(10)11/h6-7,10,17H,1-5,8-9H2. The monoisotopic (exact) mass is 270 g/mol. The molecule has 1 aromatic heterocycles. The molecule has 0 aliphatic carbocycles. The third kappa shape index (κ3) is 1.45. The summed E-state index contributed by atoms with van der Waals surface area (Å²) in [6.45, 7) is 4.02. The molecule has 3 aliphatic rings. The molecule has 4 nitrogen and oxygen atoms in total. The van der Waals surface area contributed by atoms with Gasteiger partial charge in [-0.25, -0.2) is 0 Å². The summed E-state index contributed by atoms with van der Waals surface area (Å²) >= 11 is 0. The predicted octanol–water partition coefficient (Wildman–Crippen LogP) is 2.63. The molecule has 4 heteroatoms. The van der Waals surface area contributed by atoms with Crippen LogP contribution in [-0.4, -0.2) is 36.3 Å². The lowest BCUT2D eigenvalue weighted by Gasteiger charge is -2.29. The van der Waals surface area contributed by atoms with Gasteiger partial charge in [-0.15, -0.1) is 0 Å². The minimum absolute atomic E-state index is 0.348. The first kappa shape index (κ1) is 11.0. The third-order valence-corrected chi connectivity index (χ3v) is 5.02. The first-order valence-electron chi connectivity index (χ1n) is 7.55. The van der Waals surface area contributed by atoms with E-state index in [0.717, 1.165) is 17.9 Å². The highest BCUT2D eigenvalue weighted by Crippen LogP contribution is 2.41. The van der Waals surface area contributed by atoms with Crippen molar-refractivity contribution in [2.45, 2.75) is 25.2 Å². The van der Waals surface area contributed by atoms with Gasteiger partial charge < -0.3 is 19.4 Å². The molecule has 0 spiro atoms. The summed E-state index contributed by atoms with van der Waals surface area (Å²) in [7, 11) is 0. The Balaban J connectivity index is 1.71. The van der Waals surface area contributed by atoms with E-state index in [0.29, 0.717) is 12.7 Å². The molecule has 2 bridgehead atoms. The molecule has 5 rings (SSSR count). The van der Waals surface area contributed by atoms with E-state index in [9.17, 15) is 0 Å². The van der Waals surface area contributed by atoms with Crippen LogP contribution in [0.15, 0.2) is 12.1 Å². The van der Waals surface area contributed by atoms with Crippen LogP contribution in [0.25, 0.3) is 10.9 Å². The van der Waals surface area contributed by atoms with E-state index in [1.807, 2.05) is 0 Å². The van der Waals surface area contributed by atoms with E-state index in [1.165, 1.54) is 54.6 Å². The molecular formula is C16H18N2O2. The lowest BCUT2D eigenvalue weighted by atomic mass is 9.93. The molecule has 0 saturated carbocycles. The van der Waals surface area contributed by atoms with Gasteiger partial charge >= 0.3 is 0 Å². The van der Waals surface area contributed by atoms with Gasteiger partial charge in [0, 0.05) is 41.7 Å². The Morgan fingerprint density at radius 3 is 3.00 bits per heavy atom. The van der Waals surface area contributed by atoms with Crippen LogP contribution >= 0.6 is 0 Å². The number of piperidine rings is 1. The summed E-state index contributed by atoms with van der Waals surface area (Å²) in [6, 6.07) is 4.27. The topological polar surface area (TPSA) is 37.5 Å². The van der Waals surface area contributed by atoms with E-state index in [4.69, 9.17) is 9.47 Å². The number of nitrogens with one attached hydrogen (secondary N) is 1. The van der Waals surface area contributed by atoms with Gasteiger partial charge in [0.15, 0.2) is 11.5 Å². The van der Waals surface area contributed by atoms with Crippen LogP contribution in [0, 0.1) is 0 Å². The molecule has 3 aliphatic heterocycles. The Labute approximate surface area is 117 Å². The average molecular weight is 270 g/mol. The lowest BCUT2D eigenvalue weighted by molar-refractivity contribution is 0.174. The van der Waals surface area contributed by atoms with Crippen molar-refractivity contribution < 1.29 is 9.47 Å². The maximum atomic E-state index is 5.54. The summed E-state index contributed by atoms with van der Waals surface area (Å²) in [5.41, 5.74) is 4.18. The summed E-state index contributed by atoms with van der Waals surface area (Å²) in [5.74, 6) is 2.44. The van der Waals surface area contributed by atoms with Crippen molar-refractivity contribution in [3.8, 4) is 11.5 Å². The number of H-pyrrole nitrogens is 1. The Bertz CT molecular complexity index is 691. The highest BCUT2D eigenvalue weighted by molar-refractivity contribution is 5.88. The van der Waals surface area contributed by atoms with Crippen molar-refractivity contribution in [1.29, 1.82) is 0 Å². The van der Waals surface area contributed by atoms with Gasteiger partial charge in [0.25, 0.3) is 0 Å². The SMILES string of the molecule is c1c2c(cc3c4c([nH]c13)C1CCCN(CC4)C1)OCO2. The van der Waals surface area contributed by atoms with Crippen molar-refractivity contribution in [3.63, 3.8) is 0 Å². The lowest BCUT2D eigenvalue weighted by Crippen LogP contribution is -2.33. The Morgan fingerprint density at radius 1 is 1.15 bits per heavy atom. The summed E-state index contributed by atoms with van der Waals surface area (Å²) < 4.78 is 11.0. The minimum Gasteiger partial charge on any atom is -0.454 e. The van der Waals surface area contributed by atoms with Crippen LogP contribution < -0.4 is 9.47 Å².